The Labute approximate surface area is 119 Å². The third-order valence-corrected chi connectivity index (χ3v) is 4.17. The van der Waals surface area contributed by atoms with Crippen LogP contribution in [-0.2, 0) is 0 Å². The van der Waals surface area contributed by atoms with Crippen molar-refractivity contribution in [1.29, 1.82) is 0 Å². The molecule has 0 amide bonds. The predicted octanol–water partition coefficient (Wildman–Crippen LogP) is 5.23. The number of hydrogen-bond acceptors (Lipinski definition) is 0. The van der Waals surface area contributed by atoms with Crippen LogP contribution in [0.5, 0.6) is 0 Å². The highest BCUT2D eigenvalue weighted by Gasteiger charge is 2.11. The zero-order chi connectivity index (χ0) is 11.9. The van der Waals surface area contributed by atoms with E-state index in [2.05, 4.69) is 65.1 Å². The highest BCUT2D eigenvalue weighted by atomic mass is 127. The van der Waals surface area contributed by atoms with Crippen LogP contribution in [0, 0.1) is 11.8 Å². The van der Waals surface area contributed by atoms with Crippen LogP contribution in [0.25, 0.3) is 0 Å². The summed E-state index contributed by atoms with van der Waals surface area (Å²) in [5.41, 5.74) is 1.54. The minimum absolute atomic E-state index is 0.785. The van der Waals surface area contributed by atoms with Crippen molar-refractivity contribution >= 4 is 22.6 Å². The largest absolute Gasteiger partial charge is 0.0860 e. The van der Waals surface area contributed by atoms with Gasteiger partial charge < -0.3 is 0 Å². The molecule has 0 saturated carbocycles. The highest BCUT2D eigenvalue weighted by molar-refractivity contribution is 14.1. The van der Waals surface area contributed by atoms with Crippen molar-refractivity contribution in [2.45, 2.75) is 32.1 Å². The molecule has 0 fully saturated rings. The smallest absolute Gasteiger partial charge is 0.00357 e. The number of rotatable bonds is 5. The SMILES string of the molecule is ICCC1=CCC(CCC2C=CC=CC2)C=C1. The molecule has 0 spiro atoms. The van der Waals surface area contributed by atoms with E-state index in [4.69, 9.17) is 0 Å². The van der Waals surface area contributed by atoms with Crippen molar-refractivity contribution in [3.8, 4) is 0 Å². The van der Waals surface area contributed by atoms with Crippen molar-refractivity contribution in [2.75, 3.05) is 4.43 Å². The van der Waals surface area contributed by atoms with Gasteiger partial charge in [-0.3, -0.25) is 0 Å². The summed E-state index contributed by atoms with van der Waals surface area (Å²) in [6, 6.07) is 0. The Kier molecular flexibility index (Phi) is 5.56. The number of halogens is 1. The Hall–Kier alpha value is -0.310. The second-order valence-corrected chi connectivity index (χ2v) is 6.04. The van der Waals surface area contributed by atoms with Gasteiger partial charge in [0.15, 0.2) is 0 Å². The minimum Gasteiger partial charge on any atom is -0.0860 e. The van der Waals surface area contributed by atoms with E-state index >= 15 is 0 Å². The summed E-state index contributed by atoms with van der Waals surface area (Å²) in [4.78, 5) is 0. The van der Waals surface area contributed by atoms with Gasteiger partial charge in [-0.05, 0) is 43.9 Å². The molecule has 0 saturated heterocycles. The summed E-state index contributed by atoms with van der Waals surface area (Å²) >= 11 is 2.45. The van der Waals surface area contributed by atoms with Gasteiger partial charge >= 0.3 is 0 Å². The molecule has 2 rings (SSSR count). The second-order valence-electron chi connectivity index (χ2n) is 4.96. The standard InChI is InChI=1S/C16H21I/c17-13-12-16-10-8-15(9-11-16)7-6-14-4-2-1-3-5-14/h1-4,8,10-11,14-15H,5-7,9,12-13H2. The maximum Gasteiger partial charge on any atom is 0.00357 e. The molecule has 0 aromatic carbocycles. The van der Waals surface area contributed by atoms with Crippen LogP contribution < -0.4 is 0 Å². The molecule has 92 valence electrons. The lowest BCUT2D eigenvalue weighted by atomic mass is 9.87. The van der Waals surface area contributed by atoms with Gasteiger partial charge in [0.05, 0.1) is 0 Å². The maximum absolute atomic E-state index is 2.45. The summed E-state index contributed by atoms with van der Waals surface area (Å²) in [5.74, 6) is 1.57. The first-order valence-corrected chi connectivity index (χ1v) is 8.17. The minimum atomic E-state index is 0.785. The van der Waals surface area contributed by atoms with Gasteiger partial charge in [-0.25, -0.2) is 0 Å². The first-order chi connectivity index (χ1) is 8.38. The summed E-state index contributed by atoms with van der Waals surface area (Å²) in [6.45, 7) is 0. The molecule has 2 unspecified atom stereocenters. The van der Waals surface area contributed by atoms with Crippen molar-refractivity contribution in [1.82, 2.24) is 0 Å². The number of alkyl halides is 1. The van der Waals surface area contributed by atoms with E-state index in [1.807, 2.05) is 0 Å². The van der Waals surface area contributed by atoms with Gasteiger partial charge in [-0.1, -0.05) is 70.7 Å². The average Bonchev–Trinajstić information content (AvgIpc) is 2.40. The van der Waals surface area contributed by atoms with E-state index in [1.165, 1.54) is 42.1 Å². The topological polar surface area (TPSA) is 0 Å². The molecule has 2 aliphatic rings. The molecule has 0 radical (unpaired) electrons. The van der Waals surface area contributed by atoms with Gasteiger partial charge in [-0.2, -0.15) is 0 Å². The highest BCUT2D eigenvalue weighted by Crippen LogP contribution is 2.26. The lowest BCUT2D eigenvalue weighted by molar-refractivity contribution is 0.486. The van der Waals surface area contributed by atoms with Gasteiger partial charge in [0.1, 0.15) is 0 Å². The lowest BCUT2D eigenvalue weighted by Crippen LogP contribution is -2.05. The Bertz CT molecular complexity index is 347. The molecule has 0 aromatic heterocycles. The molecule has 0 nitrogen and oxygen atoms in total. The van der Waals surface area contributed by atoms with Gasteiger partial charge in [0.25, 0.3) is 0 Å². The van der Waals surface area contributed by atoms with Crippen molar-refractivity contribution < 1.29 is 0 Å². The van der Waals surface area contributed by atoms with Crippen LogP contribution in [0.3, 0.4) is 0 Å². The fourth-order valence-corrected chi connectivity index (χ4v) is 3.11. The Balaban J connectivity index is 1.70. The van der Waals surface area contributed by atoms with Crippen molar-refractivity contribution in [3.63, 3.8) is 0 Å². The van der Waals surface area contributed by atoms with E-state index in [9.17, 15) is 0 Å². The second kappa shape index (κ2) is 7.20. The van der Waals surface area contributed by atoms with E-state index in [0.717, 1.165) is 11.8 Å². The summed E-state index contributed by atoms with van der Waals surface area (Å²) < 4.78 is 1.23. The first-order valence-electron chi connectivity index (χ1n) is 6.65. The quantitative estimate of drug-likeness (QED) is 0.475. The van der Waals surface area contributed by atoms with Crippen LogP contribution in [0.4, 0.5) is 0 Å². The third kappa shape index (κ3) is 4.46. The molecule has 0 aromatic rings. The normalized spacial score (nSPS) is 27.2. The maximum atomic E-state index is 2.45. The fraction of sp³-hybridized carbons (Fsp3) is 0.500. The molecule has 1 heteroatoms. The molecule has 2 aliphatic carbocycles. The van der Waals surface area contributed by atoms with Crippen LogP contribution >= 0.6 is 22.6 Å². The Morgan fingerprint density at radius 2 is 1.88 bits per heavy atom. The summed E-state index contributed by atoms with van der Waals surface area (Å²) in [5, 5.41) is 0. The average molecular weight is 340 g/mol. The molecule has 0 bridgehead atoms. The molecule has 2 atom stereocenters. The van der Waals surface area contributed by atoms with E-state index < -0.39 is 0 Å². The van der Waals surface area contributed by atoms with Crippen LogP contribution in [0.1, 0.15) is 32.1 Å². The van der Waals surface area contributed by atoms with E-state index in [-0.39, 0.29) is 0 Å². The Morgan fingerprint density at radius 3 is 2.47 bits per heavy atom. The van der Waals surface area contributed by atoms with E-state index in [1.54, 1.807) is 0 Å². The first kappa shape index (κ1) is 13.1. The lowest BCUT2D eigenvalue weighted by Gasteiger charge is -2.19. The number of allylic oxidation sites excluding steroid dienone is 8. The molecule has 0 N–H and O–H groups in total. The van der Waals surface area contributed by atoms with Crippen LogP contribution in [0.2, 0.25) is 0 Å². The fourth-order valence-electron chi connectivity index (χ4n) is 2.49. The van der Waals surface area contributed by atoms with Gasteiger partial charge in [-0.15, -0.1) is 0 Å². The summed E-state index contributed by atoms with van der Waals surface area (Å²) in [6.07, 6.45) is 22.7. The zero-order valence-corrected chi connectivity index (χ0v) is 12.5. The zero-order valence-electron chi connectivity index (χ0n) is 10.3. The Morgan fingerprint density at radius 1 is 1.06 bits per heavy atom. The van der Waals surface area contributed by atoms with Gasteiger partial charge in [0, 0.05) is 4.43 Å². The van der Waals surface area contributed by atoms with Crippen LogP contribution in [0.15, 0.2) is 48.1 Å². The predicted molar refractivity (Wildman–Crippen MR) is 84.5 cm³/mol. The summed E-state index contributed by atoms with van der Waals surface area (Å²) in [7, 11) is 0. The molecule has 17 heavy (non-hydrogen) atoms. The number of hydrogen-bond donors (Lipinski definition) is 0. The molecule has 0 heterocycles. The molecular formula is C16H21I. The van der Waals surface area contributed by atoms with Crippen LogP contribution in [-0.4, -0.2) is 4.43 Å². The van der Waals surface area contributed by atoms with E-state index in [0.29, 0.717) is 0 Å². The third-order valence-electron chi connectivity index (χ3n) is 3.63. The monoisotopic (exact) mass is 340 g/mol. The molecule has 0 aliphatic heterocycles. The van der Waals surface area contributed by atoms with Gasteiger partial charge in [0.2, 0.25) is 0 Å². The van der Waals surface area contributed by atoms with Crippen molar-refractivity contribution in [3.05, 3.63) is 48.1 Å². The molecular weight excluding hydrogens is 319 g/mol. The van der Waals surface area contributed by atoms with Crippen molar-refractivity contribution in [2.24, 2.45) is 11.8 Å².